The number of carbonyl (C=O) groups excluding carboxylic acids is 2. The average molecular weight is 307 g/mol. The summed E-state index contributed by atoms with van der Waals surface area (Å²) in [6, 6.07) is 5.83. The lowest BCUT2D eigenvalue weighted by Crippen LogP contribution is -2.21. The molecule has 3 nitrogen and oxygen atoms in total. The lowest BCUT2D eigenvalue weighted by Gasteiger charge is -2.20. The predicted octanol–water partition coefficient (Wildman–Crippen LogP) is 3.78. The quantitative estimate of drug-likeness (QED) is 0.687. The van der Waals surface area contributed by atoms with E-state index in [1.54, 1.807) is 6.92 Å². The molecule has 1 N–H and O–H groups in total. The molecule has 0 spiro atoms. The number of phenolic OH excluding ortho intramolecular Hbond substituents is 1. The number of phenols is 1. The van der Waals surface area contributed by atoms with Gasteiger partial charge >= 0.3 is 0 Å². The highest BCUT2D eigenvalue weighted by atomic mass is 35.5. The molecular weight excluding hydrogens is 299 g/mol. The Labute approximate surface area is 124 Å². The Morgan fingerprint density at radius 2 is 1.60 bits per heavy atom. The summed E-state index contributed by atoms with van der Waals surface area (Å²) in [6.45, 7) is 1.66. The maximum absolute atomic E-state index is 12.5. The van der Waals surface area contributed by atoms with E-state index in [0.717, 1.165) is 0 Å². The van der Waals surface area contributed by atoms with Gasteiger partial charge in [0, 0.05) is 16.1 Å². The van der Waals surface area contributed by atoms with Crippen LogP contribution in [0.3, 0.4) is 0 Å². The van der Waals surface area contributed by atoms with Crippen molar-refractivity contribution in [2.24, 2.45) is 0 Å². The van der Waals surface area contributed by atoms with E-state index in [2.05, 4.69) is 0 Å². The third-order valence-corrected chi connectivity index (χ3v) is 4.07. The molecule has 0 saturated carbocycles. The fraction of sp³-hybridized carbons (Fsp3) is 0.0667. The van der Waals surface area contributed by atoms with E-state index in [4.69, 9.17) is 23.2 Å². The second-order valence-electron chi connectivity index (χ2n) is 4.62. The molecule has 2 aromatic rings. The van der Waals surface area contributed by atoms with E-state index in [9.17, 15) is 14.7 Å². The molecule has 0 aromatic heterocycles. The summed E-state index contributed by atoms with van der Waals surface area (Å²) in [5.74, 6) is -1.06. The number of halogens is 2. The first-order valence-corrected chi connectivity index (χ1v) is 6.58. The van der Waals surface area contributed by atoms with Crippen molar-refractivity contribution in [2.45, 2.75) is 6.92 Å². The first-order chi connectivity index (χ1) is 9.41. The van der Waals surface area contributed by atoms with Crippen LogP contribution in [0.15, 0.2) is 24.3 Å². The van der Waals surface area contributed by atoms with Gasteiger partial charge < -0.3 is 5.11 Å². The minimum Gasteiger partial charge on any atom is -0.507 e. The fourth-order valence-electron chi connectivity index (χ4n) is 2.39. The molecule has 0 aliphatic heterocycles. The van der Waals surface area contributed by atoms with Crippen molar-refractivity contribution in [3.8, 4) is 5.75 Å². The molecule has 0 bridgehead atoms. The van der Waals surface area contributed by atoms with Gasteiger partial charge in [0.25, 0.3) is 0 Å². The zero-order valence-corrected chi connectivity index (χ0v) is 11.8. The fourth-order valence-corrected chi connectivity index (χ4v) is 2.80. The number of carbonyl (C=O) groups is 2. The van der Waals surface area contributed by atoms with E-state index in [1.165, 1.54) is 24.3 Å². The molecule has 0 heterocycles. The van der Waals surface area contributed by atoms with Gasteiger partial charge in [-0.2, -0.15) is 0 Å². The largest absolute Gasteiger partial charge is 0.507 e. The molecule has 100 valence electrons. The molecule has 1 aliphatic carbocycles. The standard InChI is InChI=1S/C15H8Cl2O3/c1-6-4-10(18)11-12(13(6)17)15(20)9-5-7(16)2-3-8(9)14(11)19/h2-5,18H,1H3. The first-order valence-electron chi connectivity index (χ1n) is 5.83. The van der Waals surface area contributed by atoms with Gasteiger partial charge in [0.1, 0.15) is 5.75 Å². The van der Waals surface area contributed by atoms with E-state index in [0.29, 0.717) is 10.6 Å². The van der Waals surface area contributed by atoms with Crippen LogP contribution < -0.4 is 0 Å². The summed E-state index contributed by atoms with van der Waals surface area (Å²) < 4.78 is 0. The monoisotopic (exact) mass is 306 g/mol. The second kappa shape index (κ2) is 4.33. The third-order valence-electron chi connectivity index (χ3n) is 3.35. The van der Waals surface area contributed by atoms with Crippen LogP contribution in [0.1, 0.15) is 37.4 Å². The Balaban J connectivity index is 2.41. The van der Waals surface area contributed by atoms with Crippen LogP contribution in [0.4, 0.5) is 0 Å². The number of hydrogen-bond donors (Lipinski definition) is 1. The van der Waals surface area contributed by atoms with Crippen LogP contribution in [0.2, 0.25) is 10.0 Å². The smallest absolute Gasteiger partial charge is 0.198 e. The summed E-state index contributed by atoms with van der Waals surface area (Å²) in [4.78, 5) is 25.0. The highest BCUT2D eigenvalue weighted by Crippen LogP contribution is 2.39. The Kier molecular flexibility index (Phi) is 2.85. The molecule has 1 aliphatic rings. The molecule has 2 aromatic carbocycles. The zero-order chi connectivity index (χ0) is 14.6. The first kappa shape index (κ1) is 13.2. The van der Waals surface area contributed by atoms with Crippen LogP contribution in [0, 0.1) is 6.92 Å². The zero-order valence-electron chi connectivity index (χ0n) is 10.3. The van der Waals surface area contributed by atoms with E-state index in [1.807, 2.05) is 0 Å². The molecule has 0 amide bonds. The van der Waals surface area contributed by atoms with Gasteiger partial charge in [-0.1, -0.05) is 23.2 Å². The maximum atomic E-state index is 12.5. The minimum absolute atomic E-state index is 0.0413. The Bertz CT molecular complexity index is 794. The van der Waals surface area contributed by atoms with Gasteiger partial charge in [-0.3, -0.25) is 9.59 Å². The minimum atomic E-state index is -0.425. The Morgan fingerprint density at radius 1 is 0.950 bits per heavy atom. The number of fused-ring (bicyclic) bond motifs is 2. The van der Waals surface area contributed by atoms with Gasteiger partial charge in [0.2, 0.25) is 0 Å². The van der Waals surface area contributed by atoms with Crippen LogP contribution in [0.5, 0.6) is 5.75 Å². The van der Waals surface area contributed by atoms with E-state index < -0.39 is 11.6 Å². The average Bonchev–Trinajstić information content (AvgIpc) is 2.40. The number of rotatable bonds is 0. The Morgan fingerprint density at radius 3 is 2.30 bits per heavy atom. The number of benzene rings is 2. The van der Waals surface area contributed by atoms with Gasteiger partial charge in [0.15, 0.2) is 11.6 Å². The molecule has 0 atom stereocenters. The van der Waals surface area contributed by atoms with Gasteiger partial charge in [-0.15, -0.1) is 0 Å². The number of ketones is 2. The second-order valence-corrected chi connectivity index (χ2v) is 5.44. The van der Waals surface area contributed by atoms with Crippen molar-refractivity contribution in [2.75, 3.05) is 0 Å². The maximum Gasteiger partial charge on any atom is 0.198 e. The third kappa shape index (κ3) is 1.67. The summed E-state index contributed by atoms with van der Waals surface area (Å²) in [5, 5.41) is 10.5. The Hall–Kier alpha value is -1.84. The summed E-state index contributed by atoms with van der Waals surface area (Å²) in [7, 11) is 0. The normalized spacial score (nSPS) is 13.2. The summed E-state index contributed by atoms with van der Waals surface area (Å²) in [6.07, 6.45) is 0. The van der Waals surface area contributed by atoms with Crippen molar-refractivity contribution >= 4 is 34.8 Å². The van der Waals surface area contributed by atoms with Crippen LogP contribution in [0.25, 0.3) is 0 Å². The van der Waals surface area contributed by atoms with Crippen molar-refractivity contribution in [3.63, 3.8) is 0 Å². The lowest BCUT2D eigenvalue weighted by atomic mass is 9.83. The van der Waals surface area contributed by atoms with Gasteiger partial charge in [-0.05, 0) is 36.8 Å². The van der Waals surface area contributed by atoms with Gasteiger partial charge in [-0.25, -0.2) is 0 Å². The molecule has 0 radical (unpaired) electrons. The topological polar surface area (TPSA) is 54.4 Å². The van der Waals surface area contributed by atoms with Crippen molar-refractivity contribution in [3.05, 3.63) is 62.1 Å². The predicted molar refractivity (Wildman–Crippen MR) is 76.2 cm³/mol. The highest BCUT2D eigenvalue weighted by Gasteiger charge is 2.34. The van der Waals surface area contributed by atoms with Gasteiger partial charge in [0.05, 0.1) is 16.1 Å². The van der Waals surface area contributed by atoms with Crippen LogP contribution in [-0.2, 0) is 0 Å². The van der Waals surface area contributed by atoms with E-state index >= 15 is 0 Å². The van der Waals surface area contributed by atoms with Crippen molar-refractivity contribution in [1.29, 1.82) is 0 Å². The molecule has 0 unspecified atom stereocenters. The summed E-state index contributed by atoms with van der Waals surface area (Å²) in [5.41, 5.74) is 0.975. The lowest BCUT2D eigenvalue weighted by molar-refractivity contribution is 0.0976. The van der Waals surface area contributed by atoms with Crippen LogP contribution in [-0.4, -0.2) is 16.7 Å². The van der Waals surface area contributed by atoms with Crippen molar-refractivity contribution in [1.82, 2.24) is 0 Å². The van der Waals surface area contributed by atoms with Crippen LogP contribution >= 0.6 is 23.2 Å². The number of aromatic hydroxyl groups is 1. The molecular formula is C15H8Cl2O3. The van der Waals surface area contributed by atoms with E-state index in [-0.39, 0.29) is 33.0 Å². The van der Waals surface area contributed by atoms with Crippen molar-refractivity contribution < 1.29 is 14.7 Å². The molecule has 5 heteroatoms. The molecule has 0 saturated heterocycles. The molecule has 3 rings (SSSR count). The number of hydrogen-bond acceptors (Lipinski definition) is 3. The molecule has 0 fully saturated rings. The summed E-state index contributed by atoms with van der Waals surface area (Å²) >= 11 is 12.0. The SMILES string of the molecule is Cc1cc(O)c2c(c1Cl)C(=O)c1cc(Cl)ccc1C2=O. The molecule has 20 heavy (non-hydrogen) atoms. The number of aryl methyl sites for hydroxylation is 1. The highest BCUT2D eigenvalue weighted by molar-refractivity contribution is 6.40.